The molecule has 90 valence electrons. The first-order chi connectivity index (χ1) is 9.43. The second-order valence-corrected chi connectivity index (χ2v) is 4.67. The Hall–Kier alpha value is -2.55. The molecule has 3 aromatic rings. The fourth-order valence-corrected chi connectivity index (χ4v) is 2.78. The minimum absolute atomic E-state index is 0.161. The van der Waals surface area contributed by atoms with E-state index in [0.29, 0.717) is 0 Å². The van der Waals surface area contributed by atoms with Crippen LogP contribution in [0.3, 0.4) is 0 Å². The van der Waals surface area contributed by atoms with Crippen LogP contribution in [0.15, 0.2) is 54.7 Å². The minimum Gasteiger partial charge on any atom is -0.139 e. The Kier molecular flexibility index (Phi) is 2.18. The molecule has 1 aliphatic rings. The van der Waals surface area contributed by atoms with Crippen molar-refractivity contribution in [3.8, 4) is 0 Å². The van der Waals surface area contributed by atoms with Crippen molar-refractivity contribution in [2.45, 2.75) is 5.92 Å². The largest absolute Gasteiger partial charge is 0.139 e. The van der Waals surface area contributed by atoms with Crippen molar-refractivity contribution in [1.82, 2.24) is 15.4 Å². The lowest BCUT2D eigenvalue weighted by Crippen LogP contribution is -2.06. The Morgan fingerprint density at radius 1 is 0.947 bits per heavy atom. The Morgan fingerprint density at radius 2 is 1.84 bits per heavy atom. The van der Waals surface area contributed by atoms with Crippen molar-refractivity contribution in [2.75, 3.05) is 0 Å². The summed E-state index contributed by atoms with van der Waals surface area (Å²) in [5.74, 6) is 0.161. The van der Waals surface area contributed by atoms with Crippen LogP contribution in [0.25, 0.3) is 16.8 Å². The molecule has 0 N–H and O–H groups in total. The van der Waals surface area contributed by atoms with Gasteiger partial charge in [0, 0.05) is 5.92 Å². The fraction of sp³-hybridized carbons (Fsp3) is 0.0625. The van der Waals surface area contributed by atoms with E-state index in [9.17, 15) is 0 Å². The normalized spacial score (nSPS) is 16.7. The molecule has 0 saturated heterocycles. The van der Waals surface area contributed by atoms with Crippen LogP contribution in [-0.2, 0) is 0 Å². The monoisotopic (exact) mass is 245 g/mol. The van der Waals surface area contributed by atoms with Gasteiger partial charge in [-0.15, -0.1) is 10.2 Å². The van der Waals surface area contributed by atoms with Gasteiger partial charge in [-0.1, -0.05) is 48.6 Å². The summed E-state index contributed by atoms with van der Waals surface area (Å²) in [5.41, 5.74) is 3.50. The van der Waals surface area contributed by atoms with Crippen molar-refractivity contribution >= 4 is 16.8 Å². The van der Waals surface area contributed by atoms with Crippen molar-refractivity contribution < 1.29 is 0 Å². The summed E-state index contributed by atoms with van der Waals surface area (Å²) in [6.07, 6.45) is 6.04. The van der Waals surface area contributed by atoms with E-state index in [1.54, 1.807) is 6.20 Å². The molecular formula is C16H11N3. The van der Waals surface area contributed by atoms with Gasteiger partial charge in [0.25, 0.3) is 0 Å². The van der Waals surface area contributed by atoms with Crippen LogP contribution in [0.2, 0.25) is 0 Å². The Bertz CT molecular complexity index is 773. The lowest BCUT2D eigenvalue weighted by Gasteiger charge is -2.20. The predicted molar refractivity (Wildman–Crippen MR) is 74.7 cm³/mol. The summed E-state index contributed by atoms with van der Waals surface area (Å²) in [7, 11) is 0. The van der Waals surface area contributed by atoms with Crippen molar-refractivity contribution in [3.63, 3.8) is 0 Å². The number of nitrogens with zero attached hydrogens (tertiary/aromatic N) is 3. The molecule has 0 saturated carbocycles. The zero-order chi connectivity index (χ0) is 12.7. The van der Waals surface area contributed by atoms with Crippen molar-refractivity contribution in [2.24, 2.45) is 0 Å². The summed E-state index contributed by atoms with van der Waals surface area (Å²) in [4.78, 5) is 0. The van der Waals surface area contributed by atoms with Gasteiger partial charge in [0.15, 0.2) is 0 Å². The van der Waals surface area contributed by atoms with Crippen LogP contribution >= 0.6 is 0 Å². The van der Waals surface area contributed by atoms with Gasteiger partial charge in [-0.05, 0) is 33.2 Å². The highest BCUT2D eigenvalue weighted by Gasteiger charge is 2.20. The van der Waals surface area contributed by atoms with E-state index < -0.39 is 0 Å². The average Bonchev–Trinajstić information content (AvgIpc) is 2.49. The summed E-state index contributed by atoms with van der Waals surface area (Å²) < 4.78 is 0. The van der Waals surface area contributed by atoms with Gasteiger partial charge in [0.2, 0.25) is 0 Å². The Balaban J connectivity index is 2.01. The number of allylic oxidation sites excluding steroid dienone is 1. The molecule has 2 aromatic carbocycles. The van der Waals surface area contributed by atoms with E-state index >= 15 is 0 Å². The first kappa shape index (κ1) is 10.4. The number of benzene rings is 2. The third-order valence-electron chi connectivity index (χ3n) is 3.61. The lowest BCUT2D eigenvalue weighted by molar-refractivity contribution is 0.796. The maximum atomic E-state index is 4.15. The molecule has 1 atom stereocenters. The third-order valence-corrected chi connectivity index (χ3v) is 3.61. The van der Waals surface area contributed by atoms with Gasteiger partial charge in [-0.25, -0.2) is 0 Å². The van der Waals surface area contributed by atoms with Crippen LogP contribution in [0.4, 0.5) is 0 Å². The lowest BCUT2D eigenvalue weighted by atomic mass is 9.84. The second-order valence-electron chi connectivity index (χ2n) is 4.67. The number of hydrogen-bond donors (Lipinski definition) is 0. The molecule has 1 aliphatic carbocycles. The van der Waals surface area contributed by atoms with Gasteiger partial charge >= 0.3 is 0 Å². The zero-order valence-electron chi connectivity index (χ0n) is 10.2. The highest BCUT2D eigenvalue weighted by atomic mass is 15.3. The SMILES string of the molecule is C1=CC(c2ccnnn2)c2cccc3cccc1c23. The average molecular weight is 245 g/mol. The van der Waals surface area contributed by atoms with E-state index in [1.165, 1.54) is 21.9 Å². The molecule has 3 nitrogen and oxygen atoms in total. The molecular weight excluding hydrogens is 234 g/mol. The number of hydrogen-bond acceptors (Lipinski definition) is 3. The van der Waals surface area contributed by atoms with Crippen LogP contribution in [-0.4, -0.2) is 15.4 Å². The van der Waals surface area contributed by atoms with Gasteiger partial charge < -0.3 is 0 Å². The maximum absolute atomic E-state index is 4.15. The summed E-state index contributed by atoms with van der Waals surface area (Å²) in [6, 6.07) is 14.7. The zero-order valence-corrected chi connectivity index (χ0v) is 10.2. The molecule has 0 aliphatic heterocycles. The van der Waals surface area contributed by atoms with Crippen LogP contribution in [0, 0.1) is 0 Å². The summed E-state index contributed by atoms with van der Waals surface area (Å²) >= 11 is 0. The Morgan fingerprint density at radius 3 is 2.68 bits per heavy atom. The molecule has 1 unspecified atom stereocenters. The van der Waals surface area contributed by atoms with Gasteiger partial charge in [-0.3, -0.25) is 0 Å². The molecule has 19 heavy (non-hydrogen) atoms. The highest BCUT2D eigenvalue weighted by molar-refractivity contribution is 5.96. The van der Waals surface area contributed by atoms with E-state index in [2.05, 4.69) is 64.0 Å². The Labute approximate surface area is 110 Å². The summed E-state index contributed by atoms with van der Waals surface area (Å²) in [6.45, 7) is 0. The van der Waals surface area contributed by atoms with Crippen LogP contribution in [0.1, 0.15) is 22.7 Å². The fourth-order valence-electron chi connectivity index (χ4n) is 2.78. The first-order valence-corrected chi connectivity index (χ1v) is 6.27. The molecule has 4 rings (SSSR count). The van der Waals surface area contributed by atoms with Crippen LogP contribution < -0.4 is 0 Å². The summed E-state index contributed by atoms with van der Waals surface area (Å²) in [5, 5.41) is 14.2. The van der Waals surface area contributed by atoms with Crippen molar-refractivity contribution in [3.05, 3.63) is 71.6 Å². The molecule has 0 fully saturated rings. The smallest absolute Gasteiger partial charge is 0.0777 e. The topological polar surface area (TPSA) is 38.7 Å². The molecule has 0 spiro atoms. The van der Waals surface area contributed by atoms with E-state index in [-0.39, 0.29) is 5.92 Å². The van der Waals surface area contributed by atoms with Gasteiger partial charge in [0.1, 0.15) is 0 Å². The number of rotatable bonds is 1. The van der Waals surface area contributed by atoms with Gasteiger partial charge in [0.05, 0.1) is 11.9 Å². The molecule has 1 aromatic heterocycles. The van der Waals surface area contributed by atoms with E-state index in [0.717, 1.165) is 5.69 Å². The maximum Gasteiger partial charge on any atom is 0.0777 e. The second kappa shape index (κ2) is 3.99. The molecule has 3 heteroatoms. The molecule has 0 radical (unpaired) electrons. The quantitative estimate of drug-likeness (QED) is 0.661. The predicted octanol–water partition coefficient (Wildman–Crippen LogP) is 3.18. The first-order valence-electron chi connectivity index (χ1n) is 6.27. The molecule has 0 bridgehead atoms. The third kappa shape index (κ3) is 1.55. The van der Waals surface area contributed by atoms with E-state index in [1.807, 2.05) is 6.07 Å². The van der Waals surface area contributed by atoms with Crippen molar-refractivity contribution in [1.29, 1.82) is 0 Å². The highest BCUT2D eigenvalue weighted by Crippen LogP contribution is 2.37. The standard InChI is InChI=1S/C16H11N3/c1-3-11-5-2-6-14-13(15-9-10-17-19-18-15)8-7-12(4-1)16(11)14/h1-10,13H. The number of aromatic nitrogens is 3. The molecule has 1 heterocycles. The van der Waals surface area contributed by atoms with E-state index in [4.69, 9.17) is 0 Å². The molecule has 0 amide bonds. The minimum atomic E-state index is 0.161. The van der Waals surface area contributed by atoms with Crippen LogP contribution in [0.5, 0.6) is 0 Å². The van der Waals surface area contributed by atoms with Gasteiger partial charge in [-0.2, -0.15) is 0 Å².